The summed E-state index contributed by atoms with van der Waals surface area (Å²) in [4.78, 5) is 22.2. The lowest BCUT2D eigenvalue weighted by molar-refractivity contribution is -0.146. The van der Waals surface area contributed by atoms with Crippen LogP contribution in [-0.4, -0.2) is 23.7 Å². The fourth-order valence-corrected chi connectivity index (χ4v) is 1.17. The molecule has 1 rings (SSSR count). The summed E-state index contributed by atoms with van der Waals surface area (Å²) in [5.41, 5.74) is -1.77. The Hall–Kier alpha value is -2.25. The van der Waals surface area contributed by atoms with Crippen molar-refractivity contribution in [2.24, 2.45) is 5.41 Å². The molecular formula is C12H13F3N2O3. The minimum atomic E-state index is -1.70. The standard InChI is InChI=1S/C12H13F3N2O3/c1-12(2,10(18)19)5-16-11(20)17-7-4-3-6(13)8(14)9(7)15/h3-4H,5H2,1-2H3,(H,18,19)(H2,16,17,20). The summed E-state index contributed by atoms with van der Waals surface area (Å²) in [6.07, 6.45) is 0. The topological polar surface area (TPSA) is 78.4 Å². The van der Waals surface area contributed by atoms with Crippen molar-refractivity contribution in [2.75, 3.05) is 11.9 Å². The number of carboxylic acids is 1. The van der Waals surface area contributed by atoms with Gasteiger partial charge in [-0.15, -0.1) is 0 Å². The van der Waals surface area contributed by atoms with Gasteiger partial charge in [-0.25, -0.2) is 18.0 Å². The van der Waals surface area contributed by atoms with Crippen molar-refractivity contribution in [1.82, 2.24) is 5.32 Å². The van der Waals surface area contributed by atoms with Crippen LogP contribution in [0.2, 0.25) is 0 Å². The van der Waals surface area contributed by atoms with Crippen LogP contribution < -0.4 is 10.6 Å². The van der Waals surface area contributed by atoms with Gasteiger partial charge in [-0.3, -0.25) is 4.79 Å². The molecule has 110 valence electrons. The van der Waals surface area contributed by atoms with Crippen LogP contribution in [0, 0.1) is 22.9 Å². The normalized spacial score (nSPS) is 11.1. The zero-order valence-corrected chi connectivity index (χ0v) is 10.8. The van der Waals surface area contributed by atoms with Crippen molar-refractivity contribution in [2.45, 2.75) is 13.8 Å². The quantitative estimate of drug-likeness (QED) is 0.745. The van der Waals surface area contributed by atoms with Crippen molar-refractivity contribution in [1.29, 1.82) is 0 Å². The molecule has 0 aliphatic heterocycles. The van der Waals surface area contributed by atoms with Crippen LogP contribution in [0.5, 0.6) is 0 Å². The molecular weight excluding hydrogens is 277 g/mol. The van der Waals surface area contributed by atoms with Gasteiger partial charge in [0.2, 0.25) is 0 Å². The zero-order valence-electron chi connectivity index (χ0n) is 10.8. The number of anilines is 1. The van der Waals surface area contributed by atoms with Gasteiger partial charge in [-0.2, -0.15) is 0 Å². The number of urea groups is 1. The highest BCUT2D eigenvalue weighted by Gasteiger charge is 2.27. The molecule has 0 unspecified atom stereocenters. The highest BCUT2D eigenvalue weighted by Crippen LogP contribution is 2.19. The monoisotopic (exact) mass is 290 g/mol. The molecule has 0 atom stereocenters. The van der Waals surface area contributed by atoms with Crippen LogP contribution in [0.25, 0.3) is 0 Å². The Balaban J connectivity index is 2.69. The number of hydrogen-bond acceptors (Lipinski definition) is 2. The maximum atomic E-state index is 13.3. The first-order chi connectivity index (χ1) is 9.15. The molecule has 0 fully saturated rings. The van der Waals surface area contributed by atoms with Crippen LogP contribution in [0.15, 0.2) is 12.1 Å². The molecule has 3 N–H and O–H groups in total. The first-order valence-electron chi connectivity index (χ1n) is 5.57. The molecule has 0 saturated carbocycles. The highest BCUT2D eigenvalue weighted by atomic mass is 19.2. The lowest BCUT2D eigenvalue weighted by Crippen LogP contribution is -2.40. The number of amides is 2. The van der Waals surface area contributed by atoms with Gasteiger partial charge in [0.15, 0.2) is 17.5 Å². The van der Waals surface area contributed by atoms with E-state index in [1.54, 1.807) is 0 Å². The summed E-state index contributed by atoms with van der Waals surface area (Å²) in [6.45, 7) is 2.54. The number of carbonyl (C=O) groups is 2. The molecule has 0 spiro atoms. The average Bonchev–Trinajstić information content (AvgIpc) is 2.37. The van der Waals surface area contributed by atoms with Crippen molar-refractivity contribution >= 4 is 17.7 Å². The third-order valence-corrected chi connectivity index (χ3v) is 2.55. The predicted molar refractivity (Wildman–Crippen MR) is 64.8 cm³/mol. The summed E-state index contributed by atoms with van der Waals surface area (Å²) in [5, 5.41) is 13.0. The Bertz CT molecular complexity index is 547. The molecule has 0 aliphatic carbocycles. The van der Waals surface area contributed by atoms with Crippen LogP contribution in [0.3, 0.4) is 0 Å². The van der Waals surface area contributed by atoms with Crippen LogP contribution in [0.4, 0.5) is 23.7 Å². The van der Waals surface area contributed by atoms with E-state index in [1.807, 2.05) is 5.32 Å². The van der Waals surface area contributed by atoms with E-state index in [0.29, 0.717) is 6.07 Å². The molecule has 1 aromatic carbocycles. The SMILES string of the molecule is CC(C)(CNC(=O)Nc1ccc(F)c(F)c1F)C(=O)O. The maximum Gasteiger partial charge on any atom is 0.319 e. The van der Waals surface area contributed by atoms with Gasteiger partial charge in [0.1, 0.15) is 0 Å². The number of carbonyl (C=O) groups excluding carboxylic acids is 1. The first kappa shape index (κ1) is 15.8. The average molecular weight is 290 g/mol. The second kappa shape index (κ2) is 5.81. The molecule has 2 amide bonds. The van der Waals surface area contributed by atoms with E-state index in [4.69, 9.17) is 5.11 Å². The number of halogens is 3. The first-order valence-corrected chi connectivity index (χ1v) is 5.57. The lowest BCUT2D eigenvalue weighted by Gasteiger charge is -2.19. The largest absolute Gasteiger partial charge is 0.481 e. The van der Waals surface area contributed by atoms with Gasteiger partial charge < -0.3 is 15.7 Å². The van der Waals surface area contributed by atoms with Crippen molar-refractivity contribution < 1.29 is 27.9 Å². The zero-order chi connectivity index (χ0) is 15.5. The van der Waals surface area contributed by atoms with E-state index in [0.717, 1.165) is 6.07 Å². The van der Waals surface area contributed by atoms with Crippen LogP contribution >= 0.6 is 0 Å². The Morgan fingerprint density at radius 1 is 1.20 bits per heavy atom. The van der Waals surface area contributed by atoms with E-state index in [2.05, 4.69) is 5.32 Å². The molecule has 0 heterocycles. The molecule has 0 aliphatic rings. The minimum Gasteiger partial charge on any atom is -0.481 e. The fourth-order valence-electron chi connectivity index (χ4n) is 1.17. The second-order valence-electron chi connectivity index (χ2n) is 4.72. The van der Waals surface area contributed by atoms with E-state index >= 15 is 0 Å². The van der Waals surface area contributed by atoms with Crippen LogP contribution in [0.1, 0.15) is 13.8 Å². The van der Waals surface area contributed by atoms with Crippen molar-refractivity contribution in [3.05, 3.63) is 29.6 Å². The van der Waals surface area contributed by atoms with E-state index in [-0.39, 0.29) is 6.54 Å². The maximum absolute atomic E-state index is 13.3. The predicted octanol–water partition coefficient (Wildman–Crippen LogP) is 2.34. The molecule has 0 saturated heterocycles. The summed E-state index contributed by atoms with van der Waals surface area (Å²) >= 11 is 0. The summed E-state index contributed by atoms with van der Waals surface area (Å²) in [7, 11) is 0. The molecule has 0 radical (unpaired) electrons. The number of rotatable bonds is 4. The Morgan fingerprint density at radius 2 is 1.80 bits per heavy atom. The van der Waals surface area contributed by atoms with Gasteiger partial charge in [-0.05, 0) is 26.0 Å². The molecule has 0 aromatic heterocycles. The highest BCUT2D eigenvalue weighted by molar-refractivity contribution is 5.89. The summed E-state index contributed by atoms with van der Waals surface area (Å²) in [6, 6.07) is 0.592. The van der Waals surface area contributed by atoms with E-state index in [1.165, 1.54) is 13.8 Å². The Kier molecular flexibility index (Phi) is 4.59. The number of benzene rings is 1. The third kappa shape index (κ3) is 3.62. The third-order valence-electron chi connectivity index (χ3n) is 2.55. The van der Waals surface area contributed by atoms with Gasteiger partial charge in [0.05, 0.1) is 11.1 Å². The van der Waals surface area contributed by atoms with Gasteiger partial charge in [0.25, 0.3) is 0 Å². The lowest BCUT2D eigenvalue weighted by atomic mass is 9.94. The number of aliphatic carboxylic acids is 1. The second-order valence-corrected chi connectivity index (χ2v) is 4.72. The molecule has 0 bridgehead atoms. The van der Waals surface area contributed by atoms with Gasteiger partial charge >= 0.3 is 12.0 Å². The van der Waals surface area contributed by atoms with Crippen molar-refractivity contribution in [3.63, 3.8) is 0 Å². The summed E-state index contributed by atoms with van der Waals surface area (Å²) < 4.78 is 38.9. The van der Waals surface area contributed by atoms with Crippen molar-refractivity contribution in [3.8, 4) is 0 Å². The molecule has 1 aromatic rings. The van der Waals surface area contributed by atoms with E-state index in [9.17, 15) is 22.8 Å². The molecule has 20 heavy (non-hydrogen) atoms. The van der Waals surface area contributed by atoms with E-state index < -0.39 is 40.6 Å². The van der Waals surface area contributed by atoms with Gasteiger partial charge in [0, 0.05) is 6.54 Å². The van der Waals surface area contributed by atoms with Crippen LogP contribution in [-0.2, 0) is 4.79 Å². The smallest absolute Gasteiger partial charge is 0.319 e. The number of carboxylic acid groups (broad SMARTS) is 1. The Morgan fingerprint density at radius 3 is 2.35 bits per heavy atom. The minimum absolute atomic E-state index is 0.223. The molecule has 8 heteroatoms. The fraction of sp³-hybridized carbons (Fsp3) is 0.333. The number of nitrogens with one attached hydrogen (secondary N) is 2. The molecule has 5 nitrogen and oxygen atoms in total. The Labute approximate surface area is 112 Å². The van der Waals surface area contributed by atoms with Gasteiger partial charge in [-0.1, -0.05) is 0 Å². The number of hydrogen-bond donors (Lipinski definition) is 3. The summed E-state index contributed by atoms with van der Waals surface area (Å²) in [5.74, 6) is -5.73.